The lowest BCUT2D eigenvalue weighted by molar-refractivity contribution is -0.116. The molecular weight excluding hydrogens is 422 g/mol. The Bertz CT molecular complexity index is 1060. The Labute approximate surface area is 171 Å². The minimum Gasteiger partial charge on any atom is -0.492 e. The van der Waals surface area contributed by atoms with Gasteiger partial charge in [0.1, 0.15) is 11.6 Å². The zero-order chi connectivity index (χ0) is 20.1. The van der Waals surface area contributed by atoms with E-state index in [-0.39, 0.29) is 24.5 Å². The number of nitrogens with one attached hydrogen (secondary N) is 2. The molecule has 144 valence electrons. The lowest BCUT2D eigenvalue weighted by Gasteiger charge is -2.10. The lowest BCUT2D eigenvalue weighted by atomic mass is 10.2. The average molecular weight is 442 g/mol. The van der Waals surface area contributed by atoms with Crippen molar-refractivity contribution in [1.29, 1.82) is 0 Å². The highest BCUT2D eigenvalue weighted by molar-refractivity contribution is 9.10. The maximum Gasteiger partial charge on any atom is 0.251 e. The third-order valence-corrected chi connectivity index (χ3v) is 4.58. The van der Waals surface area contributed by atoms with E-state index in [9.17, 15) is 9.59 Å². The van der Waals surface area contributed by atoms with Gasteiger partial charge in [-0.25, -0.2) is 4.98 Å². The first-order valence-corrected chi connectivity index (χ1v) is 9.57. The first kappa shape index (κ1) is 19.8. The molecule has 0 saturated carbocycles. The second kappa shape index (κ2) is 8.84. The van der Waals surface area contributed by atoms with Crippen molar-refractivity contribution in [3.8, 4) is 17.1 Å². The summed E-state index contributed by atoms with van der Waals surface area (Å²) in [6, 6.07) is 14.4. The number of ether oxygens (including phenoxy) is 1. The fourth-order valence-electron chi connectivity index (χ4n) is 2.66. The third kappa shape index (κ3) is 5.29. The third-order valence-electron chi connectivity index (χ3n) is 3.96. The van der Waals surface area contributed by atoms with Crippen LogP contribution >= 0.6 is 15.9 Å². The molecule has 6 nitrogen and oxygen atoms in total. The Balaban J connectivity index is 1.60. The number of H-pyrrole nitrogens is 1. The topological polar surface area (TPSA) is 84.1 Å². The summed E-state index contributed by atoms with van der Waals surface area (Å²) in [4.78, 5) is 30.9. The monoisotopic (exact) mass is 441 g/mol. The van der Waals surface area contributed by atoms with E-state index < -0.39 is 0 Å². The van der Waals surface area contributed by atoms with Crippen molar-refractivity contribution in [1.82, 2.24) is 9.97 Å². The Kier molecular flexibility index (Phi) is 6.26. The number of nitrogens with zero attached hydrogens (tertiary/aromatic N) is 1. The number of hydrogen-bond donors (Lipinski definition) is 2. The van der Waals surface area contributed by atoms with Crippen LogP contribution in [0.5, 0.6) is 5.75 Å². The number of aromatic amines is 1. The fourth-order valence-corrected chi connectivity index (χ4v) is 3.27. The Morgan fingerprint density at radius 3 is 2.75 bits per heavy atom. The average Bonchev–Trinajstić information content (AvgIpc) is 2.63. The molecule has 0 bridgehead atoms. The number of amides is 1. The summed E-state index contributed by atoms with van der Waals surface area (Å²) >= 11 is 3.45. The molecule has 2 N–H and O–H groups in total. The summed E-state index contributed by atoms with van der Waals surface area (Å²) in [5.74, 6) is 1.01. The number of hydrogen-bond acceptors (Lipinski definition) is 4. The summed E-state index contributed by atoms with van der Waals surface area (Å²) < 4.78 is 6.52. The van der Waals surface area contributed by atoms with Gasteiger partial charge in [0.15, 0.2) is 0 Å². The number of carbonyl (C=O) groups excluding carboxylic acids is 1. The molecule has 1 amide bonds. The van der Waals surface area contributed by atoms with E-state index in [1.165, 1.54) is 6.07 Å². The van der Waals surface area contributed by atoms with Gasteiger partial charge in [-0.3, -0.25) is 9.59 Å². The van der Waals surface area contributed by atoms with Gasteiger partial charge in [0.2, 0.25) is 5.91 Å². The van der Waals surface area contributed by atoms with Crippen molar-refractivity contribution in [3.63, 3.8) is 0 Å². The number of benzene rings is 2. The molecule has 3 aromatic rings. The van der Waals surface area contributed by atoms with Crippen molar-refractivity contribution < 1.29 is 9.53 Å². The van der Waals surface area contributed by atoms with Crippen molar-refractivity contribution in [3.05, 3.63) is 74.6 Å². The van der Waals surface area contributed by atoms with Crippen LogP contribution in [0.3, 0.4) is 0 Å². The van der Waals surface area contributed by atoms with Gasteiger partial charge in [-0.2, -0.15) is 0 Å². The van der Waals surface area contributed by atoms with Gasteiger partial charge in [-0.1, -0.05) is 18.2 Å². The predicted octanol–water partition coefficient (Wildman–Crippen LogP) is 4.22. The molecule has 0 saturated heterocycles. The maximum atomic E-state index is 12.2. The Morgan fingerprint density at radius 2 is 2.00 bits per heavy atom. The molecule has 0 atom stereocenters. The van der Waals surface area contributed by atoms with Gasteiger partial charge >= 0.3 is 0 Å². The minimum absolute atomic E-state index is 0.161. The SMILES string of the molecule is Cc1ccc(OCCC(=O)Nc2cccc(-c3nc(C)cc(=O)[nH]3)c2)c(Br)c1. The summed E-state index contributed by atoms with van der Waals surface area (Å²) in [6.45, 7) is 4.02. The highest BCUT2D eigenvalue weighted by Gasteiger charge is 2.08. The number of rotatable bonds is 6. The molecule has 0 aliphatic heterocycles. The fraction of sp³-hybridized carbons (Fsp3) is 0.190. The van der Waals surface area contributed by atoms with Crippen LogP contribution in [0.15, 0.2) is 57.8 Å². The van der Waals surface area contributed by atoms with E-state index in [0.29, 0.717) is 23.0 Å². The quantitative estimate of drug-likeness (QED) is 0.599. The molecule has 1 heterocycles. The smallest absolute Gasteiger partial charge is 0.251 e. The zero-order valence-corrected chi connectivity index (χ0v) is 17.2. The normalized spacial score (nSPS) is 10.5. The second-order valence-corrected chi connectivity index (χ2v) is 7.25. The summed E-state index contributed by atoms with van der Waals surface area (Å²) in [5, 5.41) is 2.84. The van der Waals surface area contributed by atoms with Crippen molar-refractivity contribution in [2.75, 3.05) is 11.9 Å². The molecule has 0 unspecified atom stereocenters. The van der Waals surface area contributed by atoms with Crippen LogP contribution in [-0.2, 0) is 4.79 Å². The molecule has 28 heavy (non-hydrogen) atoms. The van der Waals surface area contributed by atoms with Crippen LogP contribution in [0, 0.1) is 13.8 Å². The molecule has 7 heteroatoms. The number of anilines is 1. The first-order chi connectivity index (χ1) is 13.4. The van der Waals surface area contributed by atoms with Crippen LogP contribution in [0.1, 0.15) is 17.7 Å². The lowest BCUT2D eigenvalue weighted by Crippen LogP contribution is -2.15. The number of aryl methyl sites for hydroxylation is 2. The number of aromatic nitrogens is 2. The van der Waals surface area contributed by atoms with E-state index in [0.717, 1.165) is 15.6 Å². The van der Waals surface area contributed by atoms with Gasteiger partial charge in [-0.15, -0.1) is 0 Å². The number of carbonyl (C=O) groups is 1. The van der Waals surface area contributed by atoms with E-state index >= 15 is 0 Å². The van der Waals surface area contributed by atoms with Crippen LogP contribution in [0.4, 0.5) is 5.69 Å². The number of halogens is 1. The Hall–Kier alpha value is -2.93. The molecule has 3 rings (SSSR count). The van der Waals surface area contributed by atoms with Crippen molar-refractivity contribution in [2.45, 2.75) is 20.3 Å². The van der Waals surface area contributed by atoms with Crippen molar-refractivity contribution >= 4 is 27.5 Å². The molecule has 2 aromatic carbocycles. The maximum absolute atomic E-state index is 12.2. The van der Waals surface area contributed by atoms with Crippen LogP contribution < -0.4 is 15.6 Å². The van der Waals surface area contributed by atoms with E-state index in [4.69, 9.17) is 4.74 Å². The summed E-state index contributed by atoms with van der Waals surface area (Å²) in [7, 11) is 0. The standard InChI is InChI=1S/C21H20BrN3O3/c1-13-6-7-18(17(22)10-13)28-9-8-19(26)24-16-5-3-4-15(12-16)21-23-14(2)11-20(27)25-21/h3-7,10-12H,8-9H2,1-2H3,(H,24,26)(H,23,25,27). The van der Waals surface area contributed by atoms with Crippen LogP contribution in [0.25, 0.3) is 11.4 Å². The minimum atomic E-state index is -0.212. The Morgan fingerprint density at radius 1 is 1.18 bits per heavy atom. The van der Waals surface area contributed by atoms with E-state index in [1.807, 2.05) is 31.2 Å². The molecular formula is C21H20BrN3O3. The molecule has 0 radical (unpaired) electrons. The zero-order valence-electron chi connectivity index (χ0n) is 15.6. The first-order valence-electron chi connectivity index (χ1n) is 8.78. The van der Waals surface area contributed by atoms with Crippen molar-refractivity contribution in [2.24, 2.45) is 0 Å². The molecule has 0 spiro atoms. The molecule has 1 aromatic heterocycles. The van der Waals surface area contributed by atoms with Crippen LogP contribution in [-0.4, -0.2) is 22.5 Å². The van der Waals surface area contributed by atoms with E-state index in [1.54, 1.807) is 25.1 Å². The molecule has 0 fully saturated rings. The summed E-state index contributed by atoms with van der Waals surface area (Å²) in [5.41, 5.74) is 2.90. The van der Waals surface area contributed by atoms with Crippen LogP contribution in [0.2, 0.25) is 0 Å². The largest absolute Gasteiger partial charge is 0.492 e. The predicted molar refractivity (Wildman–Crippen MR) is 113 cm³/mol. The van der Waals surface area contributed by atoms with Gasteiger partial charge < -0.3 is 15.0 Å². The second-order valence-electron chi connectivity index (χ2n) is 6.40. The summed E-state index contributed by atoms with van der Waals surface area (Å²) in [6.07, 6.45) is 0.212. The van der Waals surface area contributed by atoms with Gasteiger partial charge in [-0.05, 0) is 59.6 Å². The molecule has 0 aliphatic rings. The molecule has 0 aliphatic carbocycles. The van der Waals surface area contributed by atoms with Gasteiger partial charge in [0.05, 0.1) is 17.5 Å². The van der Waals surface area contributed by atoms with Gasteiger partial charge in [0.25, 0.3) is 5.56 Å². The van der Waals surface area contributed by atoms with Gasteiger partial charge in [0, 0.05) is 23.0 Å². The highest BCUT2D eigenvalue weighted by atomic mass is 79.9. The highest BCUT2D eigenvalue weighted by Crippen LogP contribution is 2.26. The van der Waals surface area contributed by atoms with E-state index in [2.05, 4.69) is 31.2 Å².